The normalized spacial score (nSPS) is 20.4. The molecule has 1 aromatic carbocycles. The highest BCUT2D eigenvalue weighted by atomic mass is 16.7. The summed E-state index contributed by atoms with van der Waals surface area (Å²) < 4.78 is 12.1. The van der Waals surface area contributed by atoms with Gasteiger partial charge in [0.05, 0.1) is 0 Å². The van der Waals surface area contributed by atoms with Crippen LogP contribution >= 0.6 is 0 Å². The van der Waals surface area contributed by atoms with Crippen molar-refractivity contribution >= 4 is 5.97 Å². The lowest BCUT2D eigenvalue weighted by Crippen LogP contribution is -2.40. The van der Waals surface area contributed by atoms with Crippen LogP contribution in [0.1, 0.15) is 56.6 Å². The predicted octanol–water partition coefficient (Wildman–Crippen LogP) is 2.98. The minimum Gasteiger partial charge on any atom is -0.481 e. The first-order valence-electron chi connectivity index (χ1n) is 7.57. The second kappa shape index (κ2) is 5.56. The highest BCUT2D eigenvalue weighted by Crippen LogP contribution is 2.46. The Bertz CT molecular complexity index is 537. The zero-order chi connectivity index (χ0) is 14.9. The molecule has 1 aliphatic carbocycles. The summed E-state index contributed by atoms with van der Waals surface area (Å²) in [4.78, 5) is 10.6. The van der Waals surface area contributed by atoms with Crippen LogP contribution in [-0.4, -0.2) is 16.9 Å². The molecule has 1 fully saturated rings. The molecule has 1 saturated carbocycles. The molecule has 0 aromatic heterocycles. The van der Waals surface area contributed by atoms with Gasteiger partial charge in [-0.1, -0.05) is 12.5 Å². The van der Waals surface area contributed by atoms with Gasteiger partial charge in [0.15, 0.2) is 11.5 Å². The Balaban J connectivity index is 1.72. The van der Waals surface area contributed by atoms with Crippen molar-refractivity contribution in [3.8, 4) is 11.5 Å². The van der Waals surface area contributed by atoms with Gasteiger partial charge in [0.25, 0.3) is 5.79 Å². The topological polar surface area (TPSA) is 81.8 Å². The summed E-state index contributed by atoms with van der Waals surface area (Å²) in [6.07, 6.45) is 5.80. The first-order valence-corrected chi connectivity index (χ1v) is 7.57. The van der Waals surface area contributed by atoms with Crippen LogP contribution < -0.4 is 15.2 Å². The van der Waals surface area contributed by atoms with E-state index in [1.54, 1.807) is 0 Å². The Morgan fingerprint density at radius 2 is 1.95 bits per heavy atom. The van der Waals surface area contributed by atoms with Gasteiger partial charge in [-0.3, -0.25) is 4.79 Å². The van der Waals surface area contributed by atoms with Gasteiger partial charge < -0.3 is 20.3 Å². The number of nitrogens with two attached hydrogens (primary N) is 1. The van der Waals surface area contributed by atoms with E-state index in [0.717, 1.165) is 42.7 Å². The maximum Gasteiger partial charge on any atom is 0.303 e. The third kappa shape index (κ3) is 2.97. The van der Waals surface area contributed by atoms with Crippen LogP contribution in [0.5, 0.6) is 11.5 Å². The highest BCUT2D eigenvalue weighted by molar-refractivity contribution is 5.66. The third-order valence-corrected chi connectivity index (χ3v) is 4.27. The summed E-state index contributed by atoms with van der Waals surface area (Å²) in [7, 11) is 0. The molecular weight excluding hydrogens is 270 g/mol. The van der Waals surface area contributed by atoms with Gasteiger partial charge >= 0.3 is 5.97 Å². The maximum absolute atomic E-state index is 10.6. The summed E-state index contributed by atoms with van der Waals surface area (Å²) in [6.45, 7) is 0. The number of carboxylic acids is 1. The molecule has 3 N–H and O–H groups in total. The van der Waals surface area contributed by atoms with E-state index in [-0.39, 0.29) is 12.5 Å². The van der Waals surface area contributed by atoms with Crippen molar-refractivity contribution in [2.45, 2.75) is 56.8 Å². The van der Waals surface area contributed by atoms with Crippen LogP contribution in [0.2, 0.25) is 0 Å². The second-order valence-electron chi connectivity index (χ2n) is 5.92. The minimum absolute atomic E-state index is 0.0690. The number of benzene rings is 1. The molecule has 0 bridgehead atoms. The molecule has 0 amide bonds. The van der Waals surface area contributed by atoms with Crippen molar-refractivity contribution in [1.82, 2.24) is 0 Å². The standard InChI is InChI=1S/C16H21NO4/c17-12(5-7-15(18)19)11-4-6-13-14(10-11)21-16(20-13)8-2-1-3-9-16/h4,6,10,12H,1-3,5,7-9,17H2,(H,18,19). The molecular formula is C16H21NO4. The zero-order valence-electron chi connectivity index (χ0n) is 12.0. The fraction of sp³-hybridized carbons (Fsp3) is 0.562. The molecule has 1 atom stereocenters. The van der Waals surface area contributed by atoms with E-state index >= 15 is 0 Å². The van der Waals surface area contributed by atoms with Crippen molar-refractivity contribution in [3.63, 3.8) is 0 Å². The van der Waals surface area contributed by atoms with Crippen LogP contribution in [0.15, 0.2) is 18.2 Å². The first-order chi connectivity index (χ1) is 10.1. The van der Waals surface area contributed by atoms with Gasteiger partial charge in [0, 0.05) is 25.3 Å². The molecule has 114 valence electrons. The fourth-order valence-electron chi connectivity index (χ4n) is 3.08. The molecule has 1 unspecified atom stereocenters. The van der Waals surface area contributed by atoms with E-state index in [9.17, 15) is 4.79 Å². The number of rotatable bonds is 4. The van der Waals surface area contributed by atoms with Gasteiger partial charge in [-0.05, 0) is 37.0 Å². The molecule has 21 heavy (non-hydrogen) atoms. The first kappa shape index (κ1) is 14.2. The molecule has 0 radical (unpaired) electrons. The average Bonchev–Trinajstić information content (AvgIpc) is 2.81. The van der Waals surface area contributed by atoms with Gasteiger partial charge in [0.2, 0.25) is 0 Å². The molecule has 0 saturated heterocycles. The number of ether oxygens (including phenoxy) is 2. The van der Waals surface area contributed by atoms with Crippen LogP contribution in [0.4, 0.5) is 0 Å². The van der Waals surface area contributed by atoms with E-state index in [2.05, 4.69) is 0 Å². The molecule has 1 heterocycles. The Morgan fingerprint density at radius 3 is 2.67 bits per heavy atom. The maximum atomic E-state index is 10.6. The highest BCUT2D eigenvalue weighted by Gasteiger charge is 2.42. The molecule has 3 rings (SSSR count). The predicted molar refractivity (Wildman–Crippen MR) is 77.3 cm³/mol. The van der Waals surface area contributed by atoms with E-state index < -0.39 is 11.8 Å². The molecule has 1 aromatic rings. The SMILES string of the molecule is NC(CCC(=O)O)c1ccc2c(c1)OC1(CCCCC1)O2. The number of fused-ring (bicyclic) bond motifs is 1. The smallest absolute Gasteiger partial charge is 0.303 e. The second-order valence-corrected chi connectivity index (χ2v) is 5.92. The van der Waals surface area contributed by atoms with Gasteiger partial charge in [0.1, 0.15) is 0 Å². The van der Waals surface area contributed by atoms with Crippen molar-refractivity contribution in [2.75, 3.05) is 0 Å². The number of hydrogen-bond donors (Lipinski definition) is 2. The van der Waals surface area contributed by atoms with Crippen LogP contribution in [0.3, 0.4) is 0 Å². The van der Waals surface area contributed by atoms with Crippen molar-refractivity contribution in [1.29, 1.82) is 0 Å². The molecule has 2 aliphatic rings. The van der Waals surface area contributed by atoms with E-state index in [4.69, 9.17) is 20.3 Å². The molecule has 1 spiro atoms. The largest absolute Gasteiger partial charge is 0.481 e. The Kier molecular flexibility index (Phi) is 3.76. The Hall–Kier alpha value is -1.75. The lowest BCUT2D eigenvalue weighted by atomic mass is 9.94. The van der Waals surface area contributed by atoms with Gasteiger partial charge in [-0.25, -0.2) is 0 Å². The lowest BCUT2D eigenvalue weighted by molar-refractivity contribution is -0.137. The quantitative estimate of drug-likeness (QED) is 0.891. The Morgan fingerprint density at radius 1 is 1.24 bits per heavy atom. The van der Waals surface area contributed by atoms with Crippen LogP contribution in [-0.2, 0) is 4.79 Å². The fourth-order valence-corrected chi connectivity index (χ4v) is 3.08. The Labute approximate surface area is 124 Å². The summed E-state index contributed by atoms with van der Waals surface area (Å²) in [5, 5.41) is 8.73. The van der Waals surface area contributed by atoms with Gasteiger partial charge in [-0.2, -0.15) is 0 Å². The molecule has 5 nitrogen and oxygen atoms in total. The average molecular weight is 291 g/mol. The van der Waals surface area contributed by atoms with E-state index in [0.29, 0.717) is 6.42 Å². The number of carbonyl (C=O) groups is 1. The molecule has 5 heteroatoms. The third-order valence-electron chi connectivity index (χ3n) is 4.27. The van der Waals surface area contributed by atoms with Gasteiger partial charge in [-0.15, -0.1) is 0 Å². The minimum atomic E-state index is -0.827. The summed E-state index contributed by atoms with van der Waals surface area (Å²) in [5.41, 5.74) is 6.94. The summed E-state index contributed by atoms with van der Waals surface area (Å²) >= 11 is 0. The van der Waals surface area contributed by atoms with Crippen molar-refractivity contribution < 1.29 is 19.4 Å². The van der Waals surface area contributed by atoms with Crippen molar-refractivity contribution in [2.24, 2.45) is 5.73 Å². The number of carboxylic acid groups (broad SMARTS) is 1. The van der Waals surface area contributed by atoms with Crippen LogP contribution in [0.25, 0.3) is 0 Å². The van der Waals surface area contributed by atoms with E-state index in [1.165, 1.54) is 6.42 Å². The summed E-state index contributed by atoms with van der Waals surface area (Å²) in [5.74, 6) is 0.197. The monoisotopic (exact) mass is 291 g/mol. The lowest BCUT2D eigenvalue weighted by Gasteiger charge is -2.31. The van der Waals surface area contributed by atoms with Crippen molar-refractivity contribution in [3.05, 3.63) is 23.8 Å². The molecule has 1 aliphatic heterocycles. The summed E-state index contributed by atoms with van der Waals surface area (Å²) in [6, 6.07) is 5.38. The van der Waals surface area contributed by atoms with Crippen LogP contribution in [0, 0.1) is 0 Å². The number of aliphatic carboxylic acids is 1. The zero-order valence-corrected chi connectivity index (χ0v) is 12.0. The number of hydrogen-bond acceptors (Lipinski definition) is 4. The van der Waals surface area contributed by atoms with E-state index in [1.807, 2.05) is 18.2 Å².